The summed E-state index contributed by atoms with van der Waals surface area (Å²) in [6.07, 6.45) is 25.7. The van der Waals surface area contributed by atoms with E-state index in [0.29, 0.717) is 10.8 Å². The Balaban J connectivity index is 0.00000384. The smallest absolute Gasteiger partial charge is 0.410 e. The Morgan fingerprint density at radius 2 is 1.47 bits per heavy atom. The van der Waals surface area contributed by atoms with Gasteiger partial charge in [-0.05, 0) is 130 Å². The summed E-state index contributed by atoms with van der Waals surface area (Å²) in [5.41, 5.74) is 13.8. The van der Waals surface area contributed by atoms with E-state index in [1.165, 1.54) is 57.8 Å². The summed E-state index contributed by atoms with van der Waals surface area (Å²) in [7, 11) is 0. The summed E-state index contributed by atoms with van der Waals surface area (Å²) >= 11 is 0. The van der Waals surface area contributed by atoms with Gasteiger partial charge in [-0.2, -0.15) is 0 Å². The Labute approximate surface area is 302 Å². The molecule has 3 fully saturated rings. The number of fused-ring (bicyclic) bond motifs is 5. The fraction of sp³-hybridized carbons (Fsp3) is 0.925. The summed E-state index contributed by atoms with van der Waals surface area (Å²) in [5.74, 6) is 5.14. The lowest BCUT2D eigenvalue weighted by atomic mass is 9.47. The first kappa shape index (κ1) is 42.7. The second-order valence-electron chi connectivity index (χ2n) is 16.9. The second kappa shape index (κ2) is 20.4. The standard InChI is InChI=1S/C40H73N3O2.2ClH/c1-30(2)15-14-16-31(3)35-19-20-36-34-18-17-32-29-33(21-23-39(32,4)37(34)22-24-40(35,36)5)45-38(44)43(27-12-8-6-10-25-41)28-13-9-7-11-26-42;;/h17,30-31,33-37H,6-16,18-29,41-42H2,1-5H3;2*1H. The lowest BCUT2D eigenvalue weighted by Gasteiger charge is -2.58. The molecule has 0 heterocycles. The molecule has 0 aromatic heterocycles. The van der Waals surface area contributed by atoms with Crippen LogP contribution in [0.3, 0.4) is 0 Å². The average molecular weight is 701 g/mol. The highest BCUT2D eigenvalue weighted by Crippen LogP contribution is 2.67. The first-order valence-electron chi connectivity index (χ1n) is 19.7. The first-order chi connectivity index (χ1) is 21.6. The van der Waals surface area contributed by atoms with Crippen LogP contribution in [-0.2, 0) is 4.74 Å². The van der Waals surface area contributed by atoms with Gasteiger partial charge in [-0.3, -0.25) is 0 Å². The Hall–Kier alpha value is -0.490. The summed E-state index contributed by atoms with van der Waals surface area (Å²) in [4.78, 5) is 15.5. The molecule has 8 unspecified atom stereocenters. The van der Waals surface area contributed by atoms with Crippen LogP contribution in [0.15, 0.2) is 11.6 Å². The molecule has 276 valence electrons. The fourth-order valence-electron chi connectivity index (χ4n) is 10.9. The Morgan fingerprint density at radius 3 is 2.09 bits per heavy atom. The van der Waals surface area contributed by atoms with E-state index >= 15 is 0 Å². The van der Waals surface area contributed by atoms with Gasteiger partial charge in [0, 0.05) is 19.5 Å². The maximum Gasteiger partial charge on any atom is 0.410 e. The van der Waals surface area contributed by atoms with Crippen molar-refractivity contribution in [3.05, 3.63) is 11.6 Å². The number of halogens is 2. The third-order valence-electron chi connectivity index (χ3n) is 13.5. The molecule has 47 heavy (non-hydrogen) atoms. The molecule has 0 radical (unpaired) electrons. The highest BCUT2D eigenvalue weighted by molar-refractivity contribution is 5.85. The molecule has 3 saturated carbocycles. The van der Waals surface area contributed by atoms with E-state index in [2.05, 4.69) is 40.7 Å². The van der Waals surface area contributed by atoms with Crippen molar-refractivity contribution in [2.24, 2.45) is 57.8 Å². The Morgan fingerprint density at radius 1 is 0.830 bits per heavy atom. The molecular weight excluding hydrogens is 625 g/mol. The first-order valence-corrected chi connectivity index (χ1v) is 19.7. The zero-order valence-electron chi connectivity index (χ0n) is 31.1. The predicted molar refractivity (Wildman–Crippen MR) is 204 cm³/mol. The molecule has 4 aliphatic rings. The molecule has 7 heteroatoms. The summed E-state index contributed by atoms with van der Waals surface area (Å²) < 4.78 is 6.32. The minimum Gasteiger partial charge on any atom is -0.446 e. The number of ether oxygens (including phenoxy) is 1. The molecule has 0 saturated heterocycles. The van der Waals surface area contributed by atoms with Crippen molar-refractivity contribution in [1.82, 2.24) is 4.90 Å². The molecule has 4 aliphatic carbocycles. The third kappa shape index (κ3) is 10.8. The van der Waals surface area contributed by atoms with E-state index in [1.807, 2.05) is 4.90 Å². The molecule has 0 aromatic carbocycles. The van der Waals surface area contributed by atoms with E-state index in [1.54, 1.807) is 5.57 Å². The highest BCUT2D eigenvalue weighted by atomic mass is 35.5. The van der Waals surface area contributed by atoms with E-state index < -0.39 is 0 Å². The molecule has 0 aliphatic heterocycles. The molecule has 0 aromatic rings. The van der Waals surface area contributed by atoms with Crippen LogP contribution in [0, 0.1) is 46.3 Å². The lowest BCUT2D eigenvalue weighted by molar-refractivity contribution is -0.0593. The van der Waals surface area contributed by atoms with Crippen molar-refractivity contribution in [2.75, 3.05) is 26.2 Å². The monoisotopic (exact) mass is 700 g/mol. The molecule has 0 spiro atoms. The minimum absolute atomic E-state index is 0. The third-order valence-corrected chi connectivity index (χ3v) is 13.5. The van der Waals surface area contributed by atoms with Crippen LogP contribution in [0.2, 0.25) is 0 Å². The second-order valence-corrected chi connectivity index (χ2v) is 16.9. The molecule has 5 nitrogen and oxygen atoms in total. The summed E-state index contributed by atoms with van der Waals surface area (Å²) in [5, 5.41) is 0. The number of nitrogens with two attached hydrogens (primary N) is 2. The van der Waals surface area contributed by atoms with Crippen LogP contribution < -0.4 is 11.5 Å². The van der Waals surface area contributed by atoms with Gasteiger partial charge in [0.15, 0.2) is 0 Å². The number of rotatable bonds is 18. The molecule has 4 rings (SSSR count). The van der Waals surface area contributed by atoms with Crippen molar-refractivity contribution < 1.29 is 9.53 Å². The number of hydrogen-bond acceptors (Lipinski definition) is 4. The maximum absolute atomic E-state index is 13.5. The van der Waals surface area contributed by atoms with Gasteiger partial charge in [-0.25, -0.2) is 4.79 Å². The van der Waals surface area contributed by atoms with Gasteiger partial charge in [0.2, 0.25) is 0 Å². The van der Waals surface area contributed by atoms with Crippen molar-refractivity contribution in [3.8, 4) is 0 Å². The summed E-state index contributed by atoms with van der Waals surface area (Å²) in [6.45, 7) is 15.7. The van der Waals surface area contributed by atoms with E-state index in [0.717, 1.165) is 126 Å². The number of carbonyl (C=O) groups excluding carboxylic acids is 1. The van der Waals surface area contributed by atoms with E-state index in [9.17, 15) is 4.79 Å². The molecular formula is C40H75Cl2N3O2. The van der Waals surface area contributed by atoms with E-state index in [4.69, 9.17) is 16.2 Å². The molecule has 4 N–H and O–H groups in total. The highest BCUT2D eigenvalue weighted by Gasteiger charge is 2.59. The number of hydrogen-bond donors (Lipinski definition) is 2. The summed E-state index contributed by atoms with van der Waals surface area (Å²) in [6, 6.07) is 0. The number of amides is 1. The topological polar surface area (TPSA) is 81.6 Å². The van der Waals surface area contributed by atoms with Crippen LogP contribution in [0.4, 0.5) is 4.79 Å². The maximum atomic E-state index is 13.5. The minimum atomic E-state index is -0.0801. The fourth-order valence-corrected chi connectivity index (χ4v) is 10.9. The quantitative estimate of drug-likeness (QED) is 0.110. The van der Waals surface area contributed by atoms with Crippen molar-refractivity contribution in [1.29, 1.82) is 0 Å². The van der Waals surface area contributed by atoms with Gasteiger partial charge < -0.3 is 21.1 Å². The predicted octanol–water partition coefficient (Wildman–Crippen LogP) is 10.7. The average Bonchev–Trinajstić information content (AvgIpc) is 3.37. The van der Waals surface area contributed by atoms with Crippen molar-refractivity contribution >= 4 is 30.9 Å². The van der Waals surface area contributed by atoms with Gasteiger partial charge in [0.05, 0.1) is 0 Å². The van der Waals surface area contributed by atoms with E-state index in [-0.39, 0.29) is 37.0 Å². The molecule has 0 bridgehead atoms. The SMILES string of the molecule is CC(C)CCCC(C)C1CCC2C3CC=C4CC(OC(=O)N(CCCCCCN)CCCCCCN)CCC4(C)C3CCC12C.Cl.Cl. The van der Waals surface area contributed by atoms with Crippen LogP contribution in [0.25, 0.3) is 0 Å². The van der Waals surface area contributed by atoms with Gasteiger partial charge in [0.1, 0.15) is 6.10 Å². The van der Waals surface area contributed by atoms with Crippen LogP contribution in [0.5, 0.6) is 0 Å². The number of nitrogens with zero attached hydrogens (tertiary/aromatic N) is 1. The number of allylic oxidation sites excluding steroid dienone is 1. The van der Waals surface area contributed by atoms with Gasteiger partial charge in [0.25, 0.3) is 0 Å². The van der Waals surface area contributed by atoms with Gasteiger partial charge >= 0.3 is 6.09 Å². The van der Waals surface area contributed by atoms with Gasteiger partial charge in [-0.15, -0.1) is 24.8 Å². The Kier molecular flexibility index (Phi) is 18.5. The number of carbonyl (C=O) groups is 1. The zero-order chi connectivity index (χ0) is 32.5. The molecule has 1 amide bonds. The normalized spacial score (nSPS) is 31.8. The Bertz CT molecular complexity index is 932. The lowest BCUT2D eigenvalue weighted by Crippen LogP contribution is -2.51. The van der Waals surface area contributed by atoms with Crippen molar-refractivity contribution in [3.63, 3.8) is 0 Å². The molecule has 8 atom stereocenters. The largest absolute Gasteiger partial charge is 0.446 e. The van der Waals surface area contributed by atoms with Crippen LogP contribution in [0.1, 0.15) is 157 Å². The number of unbranched alkanes of at least 4 members (excludes halogenated alkanes) is 6. The van der Waals surface area contributed by atoms with Crippen molar-refractivity contribution in [2.45, 2.75) is 163 Å². The van der Waals surface area contributed by atoms with Gasteiger partial charge in [-0.1, -0.05) is 91.2 Å². The zero-order valence-corrected chi connectivity index (χ0v) is 32.8. The van der Waals surface area contributed by atoms with Crippen LogP contribution in [-0.4, -0.2) is 43.3 Å². The van der Waals surface area contributed by atoms with Crippen LogP contribution >= 0.6 is 24.8 Å².